The van der Waals surface area contributed by atoms with Crippen molar-refractivity contribution in [3.05, 3.63) is 30.1 Å². The molecule has 2 heterocycles. The molecule has 9 heteroatoms. The number of hydrogen-bond acceptors (Lipinski definition) is 3. The Balaban J connectivity index is 1.31. The molecule has 1 aromatic rings. The molecule has 2 amide bonds. The van der Waals surface area contributed by atoms with E-state index in [0.717, 1.165) is 25.2 Å². The van der Waals surface area contributed by atoms with Crippen molar-refractivity contribution in [3.8, 4) is 0 Å². The molecular formula is C19H26F4N4O. The molecule has 156 valence electrons. The monoisotopic (exact) mass is 402 g/mol. The van der Waals surface area contributed by atoms with E-state index >= 15 is 0 Å². The quantitative estimate of drug-likeness (QED) is 0.720. The van der Waals surface area contributed by atoms with E-state index in [9.17, 15) is 22.4 Å². The van der Waals surface area contributed by atoms with Gasteiger partial charge < -0.3 is 15.5 Å². The molecule has 0 unspecified atom stereocenters. The van der Waals surface area contributed by atoms with Gasteiger partial charge in [0.1, 0.15) is 5.82 Å². The van der Waals surface area contributed by atoms with Crippen LogP contribution < -0.4 is 15.5 Å². The Kier molecular flexibility index (Phi) is 6.64. The molecule has 2 aliphatic heterocycles. The predicted molar refractivity (Wildman–Crippen MR) is 98.7 cm³/mol. The van der Waals surface area contributed by atoms with Crippen LogP contribution in [0.15, 0.2) is 24.3 Å². The van der Waals surface area contributed by atoms with Gasteiger partial charge in [0.05, 0.1) is 6.54 Å². The van der Waals surface area contributed by atoms with Crippen LogP contribution in [0.25, 0.3) is 0 Å². The molecule has 3 rings (SSSR count). The fourth-order valence-electron chi connectivity index (χ4n) is 3.90. The van der Waals surface area contributed by atoms with Crippen molar-refractivity contribution in [1.82, 2.24) is 15.5 Å². The maximum absolute atomic E-state index is 13.0. The van der Waals surface area contributed by atoms with Crippen molar-refractivity contribution < 1.29 is 22.4 Å². The number of anilines is 1. The number of nitrogens with one attached hydrogen (secondary N) is 2. The highest BCUT2D eigenvalue weighted by molar-refractivity contribution is 5.73. The van der Waals surface area contributed by atoms with Gasteiger partial charge in [0, 0.05) is 38.4 Å². The fraction of sp³-hybridized carbons (Fsp3) is 0.632. The maximum Gasteiger partial charge on any atom is 0.401 e. The first-order valence-corrected chi connectivity index (χ1v) is 9.60. The average Bonchev–Trinajstić information content (AvgIpc) is 3.27. The Labute approximate surface area is 162 Å². The van der Waals surface area contributed by atoms with E-state index in [4.69, 9.17) is 0 Å². The number of halogens is 4. The number of rotatable bonds is 6. The van der Waals surface area contributed by atoms with Gasteiger partial charge in [0.25, 0.3) is 0 Å². The minimum Gasteiger partial charge on any atom is -0.371 e. The van der Waals surface area contributed by atoms with E-state index in [1.54, 1.807) is 12.1 Å². The molecule has 0 bridgehead atoms. The van der Waals surface area contributed by atoms with Crippen LogP contribution in [-0.2, 0) is 0 Å². The van der Waals surface area contributed by atoms with E-state index in [1.165, 1.54) is 17.0 Å². The Morgan fingerprint density at radius 2 is 1.61 bits per heavy atom. The second kappa shape index (κ2) is 8.98. The fourth-order valence-corrected chi connectivity index (χ4v) is 3.90. The molecule has 0 aromatic heterocycles. The summed E-state index contributed by atoms with van der Waals surface area (Å²) in [5.41, 5.74) is 0.970. The largest absolute Gasteiger partial charge is 0.401 e. The van der Waals surface area contributed by atoms with Crippen LogP contribution in [0.4, 0.5) is 28.0 Å². The topological polar surface area (TPSA) is 47.6 Å². The van der Waals surface area contributed by atoms with Crippen molar-refractivity contribution in [2.45, 2.75) is 19.0 Å². The highest BCUT2D eigenvalue weighted by Gasteiger charge is 2.34. The normalized spacial score (nSPS) is 23.2. The third-order valence-electron chi connectivity index (χ3n) is 5.35. The molecule has 2 saturated heterocycles. The first-order valence-electron chi connectivity index (χ1n) is 9.60. The van der Waals surface area contributed by atoms with Crippen molar-refractivity contribution in [1.29, 1.82) is 0 Å². The Morgan fingerprint density at radius 1 is 1.00 bits per heavy atom. The Hall–Kier alpha value is -2.03. The van der Waals surface area contributed by atoms with Crippen LogP contribution in [0.3, 0.4) is 0 Å². The van der Waals surface area contributed by atoms with Crippen LogP contribution in [0.2, 0.25) is 0 Å². The summed E-state index contributed by atoms with van der Waals surface area (Å²) in [5.74, 6) is 0.0970. The molecule has 2 N–H and O–H groups in total. The summed E-state index contributed by atoms with van der Waals surface area (Å²) in [7, 11) is 0. The van der Waals surface area contributed by atoms with Crippen molar-refractivity contribution in [2.24, 2.45) is 11.8 Å². The lowest BCUT2D eigenvalue weighted by atomic mass is 10.1. The van der Waals surface area contributed by atoms with Crippen molar-refractivity contribution in [2.75, 3.05) is 50.7 Å². The van der Waals surface area contributed by atoms with E-state index < -0.39 is 12.7 Å². The van der Waals surface area contributed by atoms with Gasteiger partial charge in [-0.2, -0.15) is 13.2 Å². The summed E-state index contributed by atoms with van der Waals surface area (Å²) in [6, 6.07) is 6.10. The number of likely N-dealkylation sites (tertiary alicyclic amines) is 1. The Morgan fingerprint density at radius 3 is 2.25 bits per heavy atom. The summed E-state index contributed by atoms with van der Waals surface area (Å²) in [6.07, 6.45) is -2.58. The summed E-state index contributed by atoms with van der Waals surface area (Å²) in [5, 5.41) is 5.62. The van der Waals surface area contributed by atoms with Crippen LogP contribution in [-0.4, -0.2) is 62.9 Å². The van der Waals surface area contributed by atoms with Gasteiger partial charge in [0.2, 0.25) is 0 Å². The van der Waals surface area contributed by atoms with E-state index in [0.29, 0.717) is 38.5 Å². The number of amides is 2. The minimum absolute atomic E-state index is 0.0496. The van der Waals surface area contributed by atoms with Crippen LogP contribution in [0, 0.1) is 17.7 Å². The highest BCUT2D eigenvalue weighted by atomic mass is 19.4. The van der Waals surface area contributed by atoms with Crippen molar-refractivity contribution >= 4 is 11.7 Å². The summed E-state index contributed by atoms with van der Waals surface area (Å²) < 4.78 is 50.2. The molecule has 1 aromatic carbocycles. The van der Waals surface area contributed by atoms with E-state index in [1.807, 2.05) is 0 Å². The molecule has 2 aliphatic rings. The lowest BCUT2D eigenvalue weighted by Crippen LogP contribution is -2.41. The Bertz CT molecular complexity index is 652. The zero-order chi connectivity index (χ0) is 20.1. The van der Waals surface area contributed by atoms with Gasteiger partial charge in [0.15, 0.2) is 0 Å². The van der Waals surface area contributed by atoms with Gasteiger partial charge in [-0.1, -0.05) is 0 Å². The summed E-state index contributed by atoms with van der Waals surface area (Å²) in [4.78, 5) is 15.5. The van der Waals surface area contributed by atoms with Crippen LogP contribution in [0.1, 0.15) is 12.8 Å². The molecule has 28 heavy (non-hydrogen) atoms. The number of benzene rings is 1. The molecule has 2 atom stereocenters. The van der Waals surface area contributed by atoms with Gasteiger partial charge in [-0.15, -0.1) is 0 Å². The van der Waals surface area contributed by atoms with Gasteiger partial charge in [-0.25, -0.2) is 9.18 Å². The lowest BCUT2D eigenvalue weighted by molar-refractivity contribution is -0.143. The van der Waals surface area contributed by atoms with Crippen LogP contribution in [0.5, 0.6) is 0 Å². The standard InChI is InChI=1S/C19H26F4N4O/c20-16-1-3-17(4-2-16)27-8-6-15(12-27)10-25-18(28)24-9-14-5-7-26(11-14)13-19(21,22)23/h1-4,14-15H,5-13H2,(H2,24,25,28)/t14-,15-/m1/s1. The first kappa shape index (κ1) is 20.7. The van der Waals surface area contributed by atoms with E-state index in [2.05, 4.69) is 15.5 Å². The molecule has 0 saturated carbocycles. The lowest BCUT2D eigenvalue weighted by Gasteiger charge is -2.19. The number of carbonyl (C=O) groups excluding carboxylic acids is 1. The van der Waals surface area contributed by atoms with Crippen molar-refractivity contribution in [3.63, 3.8) is 0 Å². The smallest absolute Gasteiger partial charge is 0.371 e. The number of alkyl halides is 3. The summed E-state index contributed by atoms with van der Waals surface area (Å²) >= 11 is 0. The second-order valence-electron chi connectivity index (χ2n) is 7.67. The average molecular weight is 402 g/mol. The molecular weight excluding hydrogens is 376 g/mol. The SMILES string of the molecule is O=C(NC[C@H]1CCN(CC(F)(F)F)C1)NC[C@H]1CCN(c2ccc(F)cc2)C1. The molecule has 0 radical (unpaired) electrons. The third-order valence-corrected chi connectivity index (χ3v) is 5.35. The zero-order valence-corrected chi connectivity index (χ0v) is 15.6. The summed E-state index contributed by atoms with van der Waals surface area (Å²) in [6.45, 7) is 2.45. The van der Waals surface area contributed by atoms with Crippen LogP contribution >= 0.6 is 0 Å². The molecule has 0 aliphatic carbocycles. The first-order chi connectivity index (χ1) is 13.3. The minimum atomic E-state index is -4.18. The number of urea groups is 1. The number of carbonyl (C=O) groups is 1. The van der Waals surface area contributed by atoms with E-state index in [-0.39, 0.29) is 17.8 Å². The highest BCUT2D eigenvalue weighted by Crippen LogP contribution is 2.24. The number of nitrogens with zero attached hydrogens (tertiary/aromatic N) is 2. The van der Waals surface area contributed by atoms with Gasteiger partial charge in [-0.3, -0.25) is 4.90 Å². The number of hydrogen-bond donors (Lipinski definition) is 2. The molecule has 5 nitrogen and oxygen atoms in total. The van der Waals surface area contributed by atoms with Gasteiger partial charge in [-0.05, 0) is 55.5 Å². The maximum atomic E-state index is 13.0. The predicted octanol–water partition coefficient (Wildman–Crippen LogP) is 2.84. The molecule has 0 spiro atoms. The third kappa shape index (κ3) is 6.25. The van der Waals surface area contributed by atoms with Gasteiger partial charge >= 0.3 is 12.2 Å². The second-order valence-corrected chi connectivity index (χ2v) is 7.67. The zero-order valence-electron chi connectivity index (χ0n) is 15.6. The molecule has 2 fully saturated rings.